The van der Waals surface area contributed by atoms with Crippen molar-refractivity contribution in [1.82, 2.24) is 10.2 Å². The van der Waals surface area contributed by atoms with Gasteiger partial charge >= 0.3 is 0 Å². The zero-order chi connectivity index (χ0) is 13.0. The predicted molar refractivity (Wildman–Crippen MR) is 81.5 cm³/mol. The fourth-order valence-electron chi connectivity index (χ4n) is 2.35. The molecule has 0 unspecified atom stereocenters. The van der Waals surface area contributed by atoms with E-state index in [1.54, 1.807) is 0 Å². The molecule has 1 heterocycles. The van der Waals surface area contributed by atoms with Crippen molar-refractivity contribution < 1.29 is 0 Å². The molecule has 0 spiro atoms. The van der Waals surface area contributed by atoms with Gasteiger partial charge in [-0.2, -0.15) is 0 Å². The maximum absolute atomic E-state index is 3.67. The van der Waals surface area contributed by atoms with Crippen molar-refractivity contribution in [3.63, 3.8) is 0 Å². The first-order chi connectivity index (χ1) is 8.70. The molecule has 1 saturated heterocycles. The number of nitrogens with one attached hydrogen (secondary N) is 1. The molecular weight excluding hydrogens is 290 g/mol. The number of hydrogen-bond acceptors (Lipinski definition) is 3. The summed E-state index contributed by atoms with van der Waals surface area (Å²) in [6, 6.07) is 6.61. The number of aryl methyl sites for hydroxylation is 1. The first-order valence-electron chi connectivity index (χ1n) is 6.59. The van der Waals surface area contributed by atoms with E-state index in [9.17, 15) is 0 Å². The molecule has 1 N–H and O–H groups in total. The molecule has 1 fully saturated rings. The Balaban J connectivity index is 1.93. The molecule has 0 aromatic heterocycles. The normalized spacial score (nSPS) is 17.2. The van der Waals surface area contributed by atoms with Crippen LogP contribution >= 0.6 is 15.9 Å². The average Bonchev–Trinajstić information content (AvgIpc) is 2.37. The predicted octanol–water partition coefficient (Wildman–Crippen LogP) is 2.10. The van der Waals surface area contributed by atoms with Crippen LogP contribution in [0.5, 0.6) is 0 Å². The van der Waals surface area contributed by atoms with Gasteiger partial charge < -0.3 is 10.2 Å². The average molecular weight is 312 g/mol. The van der Waals surface area contributed by atoms with Gasteiger partial charge in [-0.25, -0.2) is 0 Å². The highest BCUT2D eigenvalue weighted by Gasteiger charge is 2.18. The van der Waals surface area contributed by atoms with Gasteiger partial charge in [0.25, 0.3) is 0 Å². The maximum Gasteiger partial charge on any atom is 0.0511 e. The number of piperazine rings is 1. The quantitative estimate of drug-likeness (QED) is 0.918. The van der Waals surface area contributed by atoms with Crippen molar-refractivity contribution in [3.8, 4) is 0 Å². The number of anilines is 1. The van der Waals surface area contributed by atoms with Gasteiger partial charge in [0.05, 0.1) is 5.69 Å². The Labute approximate surface area is 118 Å². The molecule has 0 radical (unpaired) electrons. The molecule has 0 aliphatic carbocycles. The molecular formula is C14H22BrN3. The Kier molecular flexibility index (Phi) is 5.03. The van der Waals surface area contributed by atoms with Crippen LogP contribution < -0.4 is 10.2 Å². The number of rotatable bonds is 4. The molecule has 1 aliphatic rings. The first kappa shape index (κ1) is 13.8. The van der Waals surface area contributed by atoms with Crippen molar-refractivity contribution in [2.75, 3.05) is 51.2 Å². The monoisotopic (exact) mass is 311 g/mol. The SMILES string of the molecule is CNCCN1CCN(c2ccc(C)cc2Br)CC1. The topological polar surface area (TPSA) is 18.5 Å². The van der Waals surface area contributed by atoms with Crippen LogP contribution in [0.15, 0.2) is 22.7 Å². The van der Waals surface area contributed by atoms with E-state index < -0.39 is 0 Å². The largest absolute Gasteiger partial charge is 0.368 e. The molecule has 0 atom stereocenters. The number of hydrogen-bond donors (Lipinski definition) is 1. The Morgan fingerprint density at radius 1 is 1.22 bits per heavy atom. The van der Waals surface area contributed by atoms with Crippen molar-refractivity contribution in [2.24, 2.45) is 0 Å². The Hall–Kier alpha value is -0.580. The highest BCUT2D eigenvalue weighted by molar-refractivity contribution is 9.10. The third kappa shape index (κ3) is 3.46. The standard InChI is InChI=1S/C14H22BrN3/c1-12-3-4-14(13(15)11-12)18-9-7-17(8-10-18)6-5-16-2/h3-4,11,16H,5-10H2,1-2H3. The highest BCUT2D eigenvalue weighted by Crippen LogP contribution is 2.27. The van der Waals surface area contributed by atoms with Crippen LogP contribution in [-0.2, 0) is 0 Å². The summed E-state index contributed by atoms with van der Waals surface area (Å²) in [5, 5.41) is 3.21. The molecule has 0 bridgehead atoms. The summed E-state index contributed by atoms with van der Waals surface area (Å²) in [5.74, 6) is 0. The van der Waals surface area contributed by atoms with Crippen LogP contribution in [0.3, 0.4) is 0 Å². The second kappa shape index (κ2) is 6.55. The van der Waals surface area contributed by atoms with E-state index in [0.717, 1.165) is 39.3 Å². The Bertz CT molecular complexity index is 387. The zero-order valence-corrected chi connectivity index (χ0v) is 12.8. The molecule has 100 valence electrons. The fourth-order valence-corrected chi connectivity index (χ4v) is 3.09. The lowest BCUT2D eigenvalue weighted by Crippen LogP contribution is -2.48. The number of nitrogens with zero attached hydrogens (tertiary/aromatic N) is 2. The zero-order valence-electron chi connectivity index (χ0n) is 11.2. The molecule has 1 aromatic rings. The van der Waals surface area contributed by atoms with Gasteiger partial charge in [0.1, 0.15) is 0 Å². The van der Waals surface area contributed by atoms with Crippen LogP contribution in [0.1, 0.15) is 5.56 Å². The lowest BCUT2D eigenvalue weighted by Gasteiger charge is -2.36. The number of benzene rings is 1. The second-order valence-corrected chi connectivity index (χ2v) is 5.74. The third-order valence-corrected chi connectivity index (χ3v) is 4.13. The fraction of sp³-hybridized carbons (Fsp3) is 0.571. The smallest absolute Gasteiger partial charge is 0.0511 e. The van der Waals surface area contributed by atoms with E-state index in [4.69, 9.17) is 0 Å². The van der Waals surface area contributed by atoms with E-state index in [1.165, 1.54) is 15.7 Å². The number of halogens is 1. The lowest BCUT2D eigenvalue weighted by atomic mass is 10.2. The molecule has 0 saturated carbocycles. The van der Waals surface area contributed by atoms with Gasteiger partial charge in [0, 0.05) is 43.7 Å². The van der Waals surface area contributed by atoms with Crippen molar-refractivity contribution >= 4 is 21.6 Å². The summed E-state index contributed by atoms with van der Waals surface area (Å²) in [6.45, 7) is 8.90. The summed E-state index contributed by atoms with van der Waals surface area (Å²) in [6.07, 6.45) is 0. The van der Waals surface area contributed by atoms with Crippen molar-refractivity contribution in [1.29, 1.82) is 0 Å². The minimum atomic E-state index is 1.08. The number of likely N-dealkylation sites (N-methyl/N-ethyl adjacent to an activating group) is 1. The minimum absolute atomic E-state index is 1.08. The van der Waals surface area contributed by atoms with Crippen LogP contribution in [0.4, 0.5) is 5.69 Å². The summed E-state index contributed by atoms with van der Waals surface area (Å²) in [5.41, 5.74) is 2.63. The minimum Gasteiger partial charge on any atom is -0.368 e. The van der Waals surface area contributed by atoms with Gasteiger partial charge in [0.2, 0.25) is 0 Å². The van der Waals surface area contributed by atoms with Crippen LogP contribution in [0.2, 0.25) is 0 Å². The maximum atomic E-state index is 3.67. The van der Waals surface area contributed by atoms with E-state index in [0.29, 0.717) is 0 Å². The van der Waals surface area contributed by atoms with Gasteiger partial charge in [-0.3, -0.25) is 4.90 Å². The summed E-state index contributed by atoms with van der Waals surface area (Å²) >= 11 is 3.67. The van der Waals surface area contributed by atoms with Gasteiger partial charge in [-0.1, -0.05) is 6.07 Å². The molecule has 4 heteroatoms. The second-order valence-electron chi connectivity index (χ2n) is 4.89. The molecule has 18 heavy (non-hydrogen) atoms. The van der Waals surface area contributed by atoms with Crippen LogP contribution in [0.25, 0.3) is 0 Å². The molecule has 1 aromatic carbocycles. The molecule has 3 nitrogen and oxygen atoms in total. The third-order valence-electron chi connectivity index (χ3n) is 3.49. The molecule has 2 rings (SSSR count). The van der Waals surface area contributed by atoms with Crippen molar-refractivity contribution in [2.45, 2.75) is 6.92 Å². The molecule has 1 aliphatic heterocycles. The van der Waals surface area contributed by atoms with E-state index in [2.05, 4.69) is 56.2 Å². The van der Waals surface area contributed by atoms with E-state index >= 15 is 0 Å². The summed E-state index contributed by atoms with van der Waals surface area (Å²) in [7, 11) is 2.01. The van der Waals surface area contributed by atoms with Gasteiger partial charge in [0.15, 0.2) is 0 Å². The highest BCUT2D eigenvalue weighted by atomic mass is 79.9. The van der Waals surface area contributed by atoms with Crippen LogP contribution in [0, 0.1) is 6.92 Å². The van der Waals surface area contributed by atoms with Gasteiger partial charge in [-0.05, 0) is 47.6 Å². The first-order valence-corrected chi connectivity index (χ1v) is 7.38. The Morgan fingerprint density at radius 2 is 1.94 bits per heavy atom. The summed E-state index contributed by atoms with van der Waals surface area (Å²) < 4.78 is 1.21. The van der Waals surface area contributed by atoms with Gasteiger partial charge in [-0.15, -0.1) is 0 Å². The summed E-state index contributed by atoms with van der Waals surface area (Å²) in [4.78, 5) is 4.99. The lowest BCUT2D eigenvalue weighted by molar-refractivity contribution is 0.259. The Morgan fingerprint density at radius 3 is 2.56 bits per heavy atom. The van der Waals surface area contributed by atoms with E-state index in [1.807, 2.05) is 7.05 Å². The molecule has 0 amide bonds. The van der Waals surface area contributed by atoms with Crippen LogP contribution in [-0.4, -0.2) is 51.2 Å². The van der Waals surface area contributed by atoms with E-state index in [-0.39, 0.29) is 0 Å². The van der Waals surface area contributed by atoms with Crippen molar-refractivity contribution in [3.05, 3.63) is 28.2 Å².